The van der Waals surface area contributed by atoms with Crippen LogP contribution in [-0.2, 0) is 0 Å². The van der Waals surface area contributed by atoms with Crippen molar-refractivity contribution >= 4 is 16.9 Å². The molecule has 2 aromatic rings. The van der Waals surface area contributed by atoms with Crippen molar-refractivity contribution in [3.63, 3.8) is 0 Å². The first-order valence-electron chi connectivity index (χ1n) is 7.92. The topological polar surface area (TPSA) is 56.3 Å². The maximum absolute atomic E-state index is 5.34. The number of ether oxygens (including phenoxy) is 2. The molecule has 2 aliphatic rings. The highest BCUT2D eigenvalue weighted by Gasteiger charge is 2.39. The fourth-order valence-corrected chi connectivity index (χ4v) is 4.02. The van der Waals surface area contributed by atoms with Gasteiger partial charge < -0.3 is 14.8 Å². The largest absolute Gasteiger partial charge is 0.493 e. The summed E-state index contributed by atoms with van der Waals surface area (Å²) >= 11 is 0. The van der Waals surface area contributed by atoms with E-state index < -0.39 is 0 Å². The van der Waals surface area contributed by atoms with Gasteiger partial charge in [-0.15, -0.1) is 0 Å². The van der Waals surface area contributed by atoms with E-state index in [2.05, 4.69) is 10.3 Å². The predicted octanol–water partition coefficient (Wildman–Crippen LogP) is 3.25. The second-order valence-electron chi connectivity index (χ2n) is 6.38. The molecule has 0 aliphatic heterocycles. The molecule has 1 aromatic heterocycles. The molecule has 116 valence electrons. The van der Waals surface area contributed by atoms with Gasteiger partial charge in [0.2, 0.25) is 0 Å². The van der Waals surface area contributed by atoms with Gasteiger partial charge in [0.05, 0.1) is 31.4 Å². The predicted molar refractivity (Wildman–Crippen MR) is 85.5 cm³/mol. The zero-order chi connectivity index (χ0) is 15.1. The Hall–Kier alpha value is -2.04. The van der Waals surface area contributed by atoms with E-state index in [1.54, 1.807) is 14.2 Å². The summed E-state index contributed by atoms with van der Waals surface area (Å²) in [5, 5.41) is 3.58. The maximum Gasteiger partial charge on any atom is 0.163 e. The molecule has 0 radical (unpaired) electrons. The van der Waals surface area contributed by atoms with E-state index in [1.165, 1.54) is 25.7 Å². The lowest BCUT2D eigenvalue weighted by atomic mass is 9.95. The van der Waals surface area contributed by atoms with Gasteiger partial charge in [0.25, 0.3) is 0 Å². The zero-order valence-electron chi connectivity index (χ0n) is 13.0. The Kier molecular flexibility index (Phi) is 3.28. The summed E-state index contributed by atoms with van der Waals surface area (Å²) in [7, 11) is 3.26. The Morgan fingerprint density at radius 2 is 1.82 bits per heavy atom. The summed E-state index contributed by atoms with van der Waals surface area (Å²) in [5.41, 5.74) is 1.64. The Balaban J connectivity index is 1.62. The number of nitrogens with zero attached hydrogens (tertiary/aromatic N) is 2. The average Bonchev–Trinajstić information content (AvgIpc) is 3.16. The van der Waals surface area contributed by atoms with Gasteiger partial charge >= 0.3 is 0 Å². The molecular formula is C17H21N3O2. The van der Waals surface area contributed by atoms with Crippen molar-refractivity contribution in [1.82, 2.24) is 9.97 Å². The highest BCUT2D eigenvalue weighted by atomic mass is 16.5. The summed E-state index contributed by atoms with van der Waals surface area (Å²) < 4.78 is 10.7. The lowest BCUT2D eigenvalue weighted by Gasteiger charge is -2.23. The number of fused-ring (bicyclic) bond motifs is 3. The Bertz CT molecular complexity index is 704. The first kappa shape index (κ1) is 13.6. The molecule has 2 bridgehead atoms. The van der Waals surface area contributed by atoms with Gasteiger partial charge in [0.15, 0.2) is 11.5 Å². The van der Waals surface area contributed by atoms with Crippen molar-refractivity contribution in [3.05, 3.63) is 18.3 Å². The van der Waals surface area contributed by atoms with Crippen LogP contribution in [0.3, 0.4) is 0 Å². The van der Waals surface area contributed by atoms with Crippen LogP contribution < -0.4 is 14.8 Å². The quantitative estimate of drug-likeness (QED) is 0.939. The third-order valence-electron chi connectivity index (χ3n) is 5.12. The molecule has 0 saturated heterocycles. The number of benzene rings is 1. The number of hydrogen-bond donors (Lipinski definition) is 1. The van der Waals surface area contributed by atoms with E-state index in [1.807, 2.05) is 18.3 Å². The number of anilines is 1. The van der Waals surface area contributed by atoms with Crippen LogP contribution in [0.5, 0.6) is 11.5 Å². The molecule has 2 fully saturated rings. The van der Waals surface area contributed by atoms with Crippen molar-refractivity contribution in [1.29, 1.82) is 0 Å². The highest BCUT2D eigenvalue weighted by molar-refractivity contribution is 5.80. The van der Waals surface area contributed by atoms with E-state index in [9.17, 15) is 0 Å². The van der Waals surface area contributed by atoms with Crippen molar-refractivity contribution < 1.29 is 9.47 Å². The molecule has 5 nitrogen and oxygen atoms in total. The third kappa shape index (κ3) is 2.25. The fraction of sp³-hybridized carbons (Fsp3) is 0.529. The molecule has 1 N–H and O–H groups in total. The Morgan fingerprint density at radius 1 is 1.05 bits per heavy atom. The number of aromatic nitrogens is 2. The van der Waals surface area contributed by atoms with Crippen LogP contribution in [0.15, 0.2) is 18.3 Å². The molecular weight excluding hydrogens is 278 g/mol. The lowest BCUT2D eigenvalue weighted by Crippen LogP contribution is -2.26. The minimum atomic E-state index is 0.561. The standard InChI is InChI=1S/C17H21N3O2/c1-21-15-7-13-14(8-16(15)22-2)20-17(9-18-13)19-12-6-10-3-4-11(12)5-10/h7-12H,3-6H2,1-2H3,(H,19,20)/t10-,11+,12+/m1/s1. The summed E-state index contributed by atoms with van der Waals surface area (Å²) in [4.78, 5) is 9.21. The average molecular weight is 299 g/mol. The second kappa shape index (κ2) is 5.30. The van der Waals surface area contributed by atoms with Gasteiger partial charge in [-0.1, -0.05) is 6.42 Å². The normalized spacial score (nSPS) is 26.4. The van der Waals surface area contributed by atoms with Crippen molar-refractivity contribution in [2.45, 2.75) is 31.7 Å². The minimum Gasteiger partial charge on any atom is -0.493 e. The summed E-state index contributed by atoms with van der Waals surface area (Å²) in [6.45, 7) is 0. The van der Waals surface area contributed by atoms with Crippen molar-refractivity contribution in [3.8, 4) is 11.5 Å². The molecule has 1 heterocycles. The molecule has 0 amide bonds. The second-order valence-corrected chi connectivity index (χ2v) is 6.38. The van der Waals surface area contributed by atoms with E-state index in [0.29, 0.717) is 17.5 Å². The molecule has 5 heteroatoms. The molecule has 4 rings (SSSR count). The Labute approximate surface area is 130 Å². The molecule has 2 saturated carbocycles. The van der Waals surface area contributed by atoms with Crippen LogP contribution >= 0.6 is 0 Å². The third-order valence-corrected chi connectivity index (χ3v) is 5.12. The molecule has 2 aliphatic carbocycles. The minimum absolute atomic E-state index is 0.561. The number of methoxy groups -OCH3 is 2. The first-order chi connectivity index (χ1) is 10.8. The van der Waals surface area contributed by atoms with E-state index in [0.717, 1.165) is 28.7 Å². The summed E-state index contributed by atoms with van der Waals surface area (Å²) in [5.74, 6) is 3.95. The molecule has 22 heavy (non-hydrogen) atoms. The number of hydrogen-bond acceptors (Lipinski definition) is 5. The molecule has 3 atom stereocenters. The Morgan fingerprint density at radius 3 is 2.45 bits per heavy atom. The van der Waals surface area contributed by atoms with Gasteiger partial charge in [-0.2, -0.15) is 0 Å². The van der Waals surface area contributed by atoms with Gasteiger partial charge in [0.1, 0.15) is 5.82 Å². The monoisotopic (exact) mass is 299 g/mol. The van der Waals surface area contributed by atoms with E-state index >= 15 is 0 Å². The molecule has 0 unspecified atom stereocenters. The molecule has 1 aromatic carbocycles. The molecule has 0 spiro atoms. The van der Waals surface area contributed by atoms with Crippen molar-refractivity contribution in [2.24, 2.45) is 11.8 Å². The SMILES string of the molecule is COc1cc2ncc(N[C@H]3C[C@@H]4CC[C@H]3C4)nc2cc1OC. The van der Waals surface area contributed by atoms with Gasteiger partial charge in [-0.25, -0.2) is 4.98 Å². The summed E-state index contributed by atoms with van der Waals surface area (Å²) in [6, 6.07) is 4.31. The first-order valence-corrected chi connectivity index (χ1v) is 7.92. The smallest absolute Gasteiger partial charge is 0.163 e. The van der Waals surface area contributed by atoms with Crippen molar-refractivity contribution in [2.75, 3.05) is 19.5 Å². The van der Waals surface area contributed by atoms with Gasteiger partial charge in [-0.3, -0.25) is 4.98 Å². The number of nitrogens with one attached hydrogen (secondary N) is 1. The zero-order valence-corrected chi connectivity index (χ0v) is 13.0. The lowest BCUT2D eigenvalue weighted by molar-refractivity contribution is 0.355. The van der Waals surface area contributed by atoms with Crippen LogP contribution in [0.2, 0.25) is 0 Å². The van der Waals surface area contributed by atoms with E-state index in [4.69, 9.17) is 14.5 Å². The highest BCUT2D eigenvalue weighted by Crippen LogP contribution is 2.45. The number of rotatable bonds is 4. The van der Waals surface area contributed by atoms with Crippen LogP contribution in [0.1, 0.15) is 25.7 Å². The van der Waals surface area contributed by atoms with Gasteiger partial charge in [0, 0.05) is 18.2 Å². The summed E-state index contributed by atoms with van der Waals surface area (Å²) in [6.07, 6.45) is 7.23. The van der Waals surface area contributed by atoms with Gasteiger partial charge in [-0.05, 0) is 31.1 Å². The van der Waals surface area contributed by atoms with Crippen LogP contribution in [-0.4, -0.2) is 30.2 Å². The van der Waals surface area contributed by atoms with Crippen LogP contribution in [0, 0.1) is 11.8 Å². The van der Waals surface area contributed by atoms with E-state index in [-0.39, 0.29) is 0 Å². The fourth-order valence-electron chi connectivity index (χ4n) is 4.02. The van der Waals surface area contributed by atoms with Crippen LogP contribution in [0.25, 0.3) is 11.0 Å². The van der Waals surface area contributed by atoms with Crippen LogP contribution in [0.4, 0.5) is 5.82 Å². The maximum atomic E-state index is 5.34.